The Morgan fingerprint density at radius 1 is 1.18 bits per heavy atom. The number of carbonyl (C=O) groups excluding carboxylic acids is 4. The van der Waals surface area contributed by atoms with Crippen LogP contribution in [0.5, 0.6) is 0 Å². The fourth-order valence-electron chi connectivity index (χ4n) is 4.87. The molecule has 2 saturated heterocycles. The Kier molecular flexibility index (Phi) is 9.14. The third kappa shape index (κ3) is 6.30. The SMILES string of the molecule is [C-]#[N+]c1ccc(NC(=O)[C@H](O)[C@H]2OCCN(c3cccc(C(=O)N(C)CC(=O)N4CCCC4)c3)C2=O)cc1CC. The quantitative estimate of drug-likeness (QED) is 0.489. The molecular weight excluding hydrogens is 514 g/mol. The molecule has 0 saturated carbocycles. The molecule has 2 aliphatic heterocycles. The molecule has 2 atom stereocenters. The Morgan fingerprint density at radius 3 is 2.62 bits per heavy atom. The van der Waals surface area contributed by atoms with E-state index in [-0.39, 0.29) is 31.5 Å². The predicted molar refractivity (Wildman–Crippen MR) is 148 cm³/mol. The highest BCUT2D eigenvalue weighted by Gasteiger charge is 2.39. The highest BCUT2D eigenvalue weighted by atomic mass is 16.5. The molecule has 11 nitrogen and oxygen atoms in total. The van der Waals surface area contributed by atoms with Crippen molar-refractivity contribution in [2.75, 3.05) is 50.1 Å². The molecule has 2 fully saturated rings. The van der Waals surface area contributed by atoms with E-state index < -0.39 is 24.0 Å². The van der Waals surface area contributed by atoms with Gasteiger partial charge in [0, 0.05) is 43.6 Å². The van der Waals surface area contributed by atoms with Gasteiger partial charge < -0.3 is 29.9 Å². The number of nitrogens with one attached hydrogen (secondary N) is 1. The van der Waals surface area contributed by atoms with Crippen LogP contribution >= 0.6 is 0 Å². The molecule has 210 valence electrons. The van der Waals surface area contributed by atoms with Crippen molar-refractivity contribution >= 4 is 40.7 Å². The second-order valence-corrected chi connectivity index (χ2v) is 9.82. The molecule has 0 aliphatic carbocycles. The van der Waals surface area contributed by atoms with Gasteiger partial charge in [0.15, 0.2) is 17.9 Å². The van der Waals surface area contributed by atoms with Crippen molar-refractivity contribution < 1.29 is 29.0 Å². The molecule has 2 aromatic carbocycles. The highest BCUT2D eigenvalue weighted by Crippen LogP contribution is 2.25. The third-order valence-electron chi connectivity index (χ3n) is 7.11. The Hall–Kier alpha value is -4.27. The Balaban J connectivity index is 1.43. The molecular formula is C29H33N5O6. The lowest BCUT2D eigenvalue weighted by atomic mass is 10.1. The minimum atomic E-state index is -1.78. The molecule has 2 heterocycles. The van der Waals surface area contributed by atoms with E-state index in [0.29, 0.717) is 42.1 Å². The first-order chi connectivity index (χ1) is 19.2. The standard InChI is InChI=1S/C29H33N5O6/c1-4-19-16-21(10-11-23(19)30-2)31-27(37)25(36)26-29(39)34(14-15-40-26)22-9-7-8-20(17-22)28(38)32(3)18-24(35)33-12-5-6-13-33/h7-11,16-17,25-26,36H,4-6,12-15,18H2,1,3H3,(H,31,37)/t25-,26-/m1/s1. The van der Waals surface area contributed by atoms with Gasteiger partial charge in [0.25, 0.3) is 17.7 Å². The molecule has 40 heavy (non-hydrogen) atoms. The summed E-state index contributed by atoms with van der Waals surface area (Å²) in [5.41, 5.74) is 2.34. The van der Waals surface area contributed by atoms with Crippen LogP contribution in [0.3, 0.4) is 0 Å². The summed E-state index contributed by atoms with van der Waals surface area (Å²) < 4.78 is 5.49. The highest BCUT2D eigenvalue weighted by molar-refractivity contribution is 6.05. The zero-order valence-corrected chi connectivity index (χ0v) is 22.6. The monoisotopic (exact) mass is 547 g/mol. The number of carbonyl (C=O) groups is 4. The van der Waals surface area contributed by atoms with Crippen molar-refractivity contribution in [1.29, 1.82) is 0 Å². The maximum atomic E-state index is 13.3. The van der Waals surface area contributed by atoms with Gasteiger partial charge in [0.2, 0.25) is 5.91 Å². The number of benzene rings is 2. The molecule has 0 spiro atoms. The molecule has 0 aromatic heterocycles. The first-order valence-corrected chi connectivity index (χ1v) is 13.3. The van der Waals surface area contributed by atoms with Gasteiger partial charge in [-0.3, -0.25) is 19.2 Å². The molecule has 11 heteroatoms. The smallest absolute Gasteiger partial charge is 0.259 e. The van der Waals surface area contributed by atoms with Gasteiger partial charge in [-0.2, -0.15) is 0 Å². The maximum Gasteiger partial charge on any atom is 0.259 e. The minimum absolute atomic E-state index is 0.0384. The van der Waals surface area contributed by atoms with E-state index in [2.05, 4.69) is 10.2 Å². The zero-order chi connectivity index (χ0) is 28.8. The summed E-state index contributed by atoms with van der Waals surface area (Å²) in [5.74, 6) is -1.89. The van der Waals surface area contributed by atoms with Crippen molar-refractivity contribution in [1.82, 2.24) is 9.80 Å². The van der Waals surface area contributed by atoms with Crippen molar-refractivity contribution in [2.24, 2.45) is 0 Å². The van der Waals surface area contributed by atoms with Gasteiger partial charge >= 0.3 is 0 Å². The second-order valence-electron chi connectivity index (χ2n) is 9.82. The number of aliphatic hydroxyl groups excluding tert-OH is 1. The molecule has 2 aliphatic rings. The summed E-state index contributed by atoms with van der Waals surface area (Å²) in [7, 11) is 1.56. The van der Waals surface area contributed by atoms with Gasteiger partial charge in [-0.15, -0.1) is 0 Å². The number of ether oxygens (including phenoxy) is 1. The fraction of sp³-hybridized carbons (Fsp3) is 0.414. The minimum Gasteiger partial charge on any atom is -0.380 e. The lowest BCUT2D eigenvalue weighted by Gasteiger charge is -2.34. The Morgan fingerprint density at radius 2 is 1.93 bits per heavy atom. The van der Waals surface area contributed by atoms with Crippen LogP contribution < -0.4 is 10.2 Å². The molecule has 0 bridgehead atoms. The zero-order valence-electron chi connectivity index (χ0n) is 22.6. The fourth-order valence-corrected chi connectivity index (χ4v) is 4.87. The van der Waals surface area contributed by atoms with Crippen LogP contribution in [0.25, 0.3) is 4.85 Å². The van der Waals surface area contributed by atoms with Crippen LogP contribution in [-0.2, 0) is 25.5 Å². The van der Waals surface area contributed by atoms with E-state index in [9.17, 15) is 24.3 Å². The van der Waals surface area contributed by atoms with Crippen LogP contribution in [0.15, 0.2) is 42.5 Å². The summed E-state index contributed by atoms with van der Waals surface area (Å²) in [4.78, 5) is 59.6. The lowest BCUT2D eigenvalue weighted by molar-refractivity contribution is -0.150. The molecule has 0 radical (unpaired) electrons. The summed E-state index contributed by atoms with van der Waals surface area (Å²) in [6.45, 7) is 10.7. The van der Waals surface area contributed by atoms with E-state index >= 15 is 0 Å². The number of morpholine rings is 1. The topological polar surface area (TPSA) is 124 Å². The van der Waals surface area contributed by atoms with Crippen molar-refractivity contribution in [3.8, 4) is 0 Å². The van der Waals surface area contributed by atoms with E-state index in [1.165, 1.54) is 9.80 Å². The summed E-state index contributed by atoms with van der Waals surface area (Å²) in [6, 6.07) is 11.3. The first-order valence-electron chi connectivity index (χ1n) is 13.3. The first kappa shape index (κ1) is 28.7. The number of hydrogen-bond acceptors (Lipinski definition) is 6. The molecule has 4 amide bonds. The Labute approximate surface area is 233 Å². The van der Waals surface area contributed by atoms with Gasteiger partial charge in [-0.25, -0.2) is 4.85 Å². The normalized spacial score (nSPS) is 17.8. The van der Waals surface area contributed by atoms with E-state index in [4.69, 9.17) is 11.3 Å². The van der Waals surface area contributed by atoms with Crippen LogP contribution in [-0.4, -0.2) is 90.6 Å². The number of rotatable bonds is 8. The number of aryl methyl sites for hydroxylation is 1. The molecule has 0 unspecified atom stereocenters. The molecule has 2 N–H and O–H groups in total. The number of nitrogens with zero attached hydrogens (tertiary/aromatic N) is 4. The van der Waals surface area contributed by atoms with Crippen LogP contribution in [0, 0.1) is 6.57 Å². The maximum absolute atomic E-state index is 13.3. The van der Waals surface area contributed by atoms with E-state index in [0.717, 1.165) is 18.4 Å². The average Bonchev–Trinajstić information content (AvgIpc) is 3.52. The van der Waals surface area contributed by atoms with Gasteiger partial charge in [0.05, 0.1) is 19.7 Å². The third-order valence-corrected chi connectivity index (χ3v) is 7.11. The molecule has 4 rings (SSSR count). The van der Waals surface area contributed by atoms with Crippen LogP contribution in [0.1, 0.15) is 35.7 Å². The van der Waals surface area contributed by atoms with E-state index in [1.807, 2.05) is 6.92 Å². The second kappa shape index (κ2) is 12.7. The van der Waals surface area contributed by atoms with Crippen molar-refractivity contribution in [3.63, 3.8) is 0 Å². The number of likely N-dealkylation sites (tertiary alicyclic amines) is 1. The summed E-state index contributed by atoms with van der Waals surface area (Å²) >= 11 is 0. The van der Waals surface area contributed by atoms with Gasteiger partial charge in [0.1, 0.15) is 0 Å². The number of anilines is 2. The van der Waals surface area contributed by atoms with Crippen molar-refractivity contribution in [3.05, 3.63) is 65.0 Å². The number of hydrogen-bond donors (Lipinski definition) is 2. The van der Waals surface area contributed by atoms with Crippen molar-refractivity contribution in [2.45, 2.75) is 38.4 Å². The lowest BCUT2D eigenvalue weighted by Crippen LogP contribution is -2.55. The largest absolute Gasteiger partial charge is 0.380 e. The Bertz CT molecular complexity index is 1330. The average molecular weight is 548 g/mol. The van der Waals surface area contributed by atoms with E-state index in [1.54, 1.807) is 54.4 Å². The van der Waals surface area contributed by atoms with Gasteiger partial charge in [-0.1, -0.05) is 19.1 Å². The summed E-state index contributed by atoms with van der Waals surface area (Å²) in [6.07, 6.45) is -0.704. The van der Waals surface area contributed by atoms with Crippen LogP contribution in [0.4, 0.5) is 17.1 Å². The van der Waals surface area contributed by atoms with Gasteiger partial charge in [-0.05, 0) is 55.2 Å². The summed E-state index contributed by atoms with van der Waals surface area (Å²) in [5, 5.41) is 13.3. The van der Waals surface area contributed by atoms with Crippen LogP contribution in [0.2, 0.25) is 0 Å². The number of amides is 4. The number of likely N-dealkylation sites (N-methyl/N-ethyl adjacent to an activating group) is 1. The molecule has 2 aromatic rings. The predicted octanol–water partition coefficient (Wildman–Crippen LogP) is 2.23. The number of aliphatic hydroxyl groups is 1.